The molecular formula is C16H26N2O2S. The molecule has 0 atom stereocenters. The first-order chi connectivity index (χ1) is 10.1. The maximum absolute atomic E-state index is 5.87. The zero-order valence-electron chi connectivity index (χ0n) is 13.2. The summed E-state index contributed by atoms with van der Waals surface area (Å²) in [5.41, 5.74) is 8.99. The first-order valence-corrected chi connectivity index (χ1v) is 7.81. The van der Waals surface area contributed by atoms with E-state index < -0.39 is 0 Å². The maximum atomic E-state index is 5.87. The second-order valence-electron chi connectivity index (χ2n) is 4.77. The maximum Gasteiger partial charge on any atom is 0.106 e. The highest BCUT2D eigenvalue weighted by atomic mass is 32.1. The monoisotopic (exact) mass is 310 g/mol. The molecule has 2 N–H and O–H groups in total. The number of anilines is 1. The number of aryl methyl sites for hydroxylation is 1. The van der Waals surface area contributed by atoms with E-state index in [-0.39, 0.29) is 0 Å². The van der Waals surface area contributed by atoms with Crippen LogP contribution in [-0.4, -0.2) is 44.5 Å². The number of hydrogen-bond acceptors (Lipinski definition) is 4. The molecule has 0 aliphatic heterocycles. The lowest BCUT2D eigenvalue weighted by Crippen LogP contribution is -2.33. The standard InChI is InChI=1S/C16H26N2O2S/c1-4-19-10-8-18(9-11-20-5-2)15-7-6-13(3)12-14(15)16(17)21/h6-7,12H,4-5,8-11H2,1-3H3,(H2,17,21). The Bertz CT molecular complexity index is 442. The van der Waals surface area contributed by atoms with Crippen LogP contribution in [0, 0.1) is 6.92 Å². The molecule has 0 aromatic heterocycles. The van der Waals surface area contributed by atoms with Gasteiger partial charge in [-0.05, 0) is 32.9 Å². The molecular weight excluding hydrogens is 284 g/mol. The van der Waals surface area contributed by atoms with Crippen LogP contribution in [0.5, 0.6) is 0 Å². The van der Waals surface area contributed by atoms with Gasteiger partial charge in [0.1, 0.15) is 4.99 Å². The third-order valence-electron chi connectivity index (χ3n) is 3.18. The fourth-order valence-electron chi connectivity index (χ4n) is 2.11. The van der Waals surface area contributed by atoms with Crippen molar-refractivity contribution in [3.05, 3.63) is 29.3 Å². The molecule has 0 radical (unpaired) electrons. The largest absolute Gasteiger partial charge is 0.389 e. The molecule has 0 fully saturated rings. The van der Waals surface area contributed by atoms with E-state index in [0.29, 0.717) is 18.2 Å². The minimum Gasteiger partial charge on any atom is -0.389 e. The Morgan fingerprint density at radius 1 is 1.14 bits per heavy atom. The predicted octanol–water partition coefficient (Wildman–Crippen LogP) is 2.51. The van der Waals surface area contributed by atoms with Crippen LogP contribution in [0.4, 0.5) is 5.69 Å². The number of nitrogens with two attached hydrogens (primary N) is 1. The second-order valence-corrected chi connectivity index (χ2v) is 5.21. The van der Waals surface area contributed by atoms with Crippen molar-refractivity contribution in [2.75, 3.05) is 44.4 Å². The summed E-state index contributed by atoms with van der Waals surface area (Å²) in [7, 11) is 0. The van der Waals surface area contributed by atoms with Crippen LogP contribution in [0.3, 0.4) is 0 Å². The molecule has 0 amide bonds. The summed E-state index contributed by atoms with van der Waals surface area (Å²) in [5.74, 6) is 0. The van der Waals surface area contributed by atoms with E-state index in [2.05, 4.69) is 17.0 Å². The highest BCUT2D eigenvalue weighted by Crippen LogP contribution is 2.22. The van der Waals surface area contributed by atoms with E-state index in [1.165, 1.54) is 0 Å². The summed E-state index contributed by atoms with van der Waals surface area (Å²) in [4.78, 5) is 2.64. The highest BCUT2D eigenvalue weighted by molar-refractivity contribution is 7.80. The van der Waals surface area contributed by atoms with Crippen molar-refractivity contribution in [2.24, 2.45) is 5.73 Å². The van der Waals surface area contributed by atoms with Gasteiger partial charge in [0.25, 0.3) is 0 Å². The van der Waals surface area contributed by atoms with Crippen molar-refractivity contribution in [1.29, 1.82) is 0 Å². The number of hydrogen-bond donors (Lipinski definition) is 1. The minimum absolute atomic E-state index is 0.423. The molecule has 0 heterocycles. The Balaban J connectivity index is 2.91. The lowest BCUT2D eigenvalue weighted by molar-refractivity contribution is 0.141. The number of thiocarbonyl (C=S) groups is 1. The Labute approximate surface area is 133 Å². The minimum atomic E-state index is 0.423. The molecule has 4 nitrogen and oxygen atoms in total. The van der Waals surface area contributed by atoms with Gasteiger partial charge in [-0.1, -0.05) is 23.8 Å². The zero-order valence-corrected chi connectivity index (χ0v) is 14.0. The van der Waals surface area contributed by atoms with Gasteiger partial charge in [0.15, 0.2) is 0 Å². The van der Waals surface area contributed by atoms with Crippen molar-refractivity contribution >= 4 is 22.9 Å². The van der Waals surface area contributed by atoms with E-state index in [0.717, 1.165) is 43.1 Å². The van der Waals surface area contributed by atoms with Crippen molar-refractivity contribution in [3.63, 3.8) is 0 Å². The Morgan fingerprint density at radius 3 is 2.19 bits per heavy atom. The molecule has 1 rings (SSSR count). The van der Waals surface area contributed by atoms with E-state index in [4.69, 9.17) is 27.4 Å². The van der Waals surface area contributed by atoms with Crippen molar-refractivity contribution < 1.29 is 9.47 Å². The molecule has 1 aromatic rings. The van der Waals surface area contributed by atoms with Crippen molar-refractivity contribution in [2.45, 2.75) is 20.8 Å². The summed E-state index contributed by atoms with van der Waals surface area (Å²) < 4.78 is 10.9. The van der Waals surface area contributed by atoms with E-state index in [1.54, 1.807) is 0 Å². The lowest BCUT2D eigenvalue weighted by atomic mass is 10.1. The van der Waals surface area contributed by atoms with Gasteiger partial charge in [-0.2, -0.15) is 0 Å². The zero-order chi connectivity index (χ0) is 15.7. The first-order valence-electron chi connectivity index (χ1n) is 7.41. The molecule has 0 bridgehead atoms. The molecule has 0 unspecified atom stereocenters. The normalized spacial score (nSPS) is 10.6. The van der Waals surface area contributed by atoms with Gasteiger partial charge >= 0.3 is 0 Å². The van der Waals surface area contributed by atoms with Gasteiger partial charge < -0.3 is 20.1 Å². The first kappa shape index (κ1) is 17.9. The third kappa shape index (κ3) is 5.99. The summed E-state index contributed by atoms with van der Waals surface area (Å²) >= 11 is 5.19. The number of rotatable bonds is 10. The highest BCUT2D eigenvalue weighted by Gasteiger charge is 2.13. The van der Waals surface area contributed by atoms with E-state index in [1.807, 2.05) is 26.8 Å². The summed E-state index contributed by atoms with van der Waals surface area (Å²) in [5, 5.41) is 0. The van der Waals surface area contributed by atoms with Gasteiger partial charge in [0.2, 0.25) is 0 Å². The third-order valence-corrected chi connectivity index (χ3v) is 3.40. The van der Waals surface area contributed by atoms with Crippen molar-refractivity contribution in [1.82, 2.24) is 0 Å². The molecule has 5 heteroatoms. The summed E-state index contributed by atoms with van der Waals surface area (Å²) in [6.07, 6.45) is 0. The fraction of sp³-hybridized carbons (Fsp3) is 0.562. The molecule has 21 heavy (non-hydrogen) atoms. The van der Waals surface area contributed by atoms with Crippen LogP contribution < -0.4 is 10.6 Å². The van der Waals surface area contributed by atoms with E-state index >= 15 is 0 Å². The fourth-order valence-corrected chi connectivity index (χ4v) is 2.28. The molecule has 0 aliphatic rings. The predicted molar refractivity (Wildman–Crippen MR) is 92.3 cm³/mol. The van der Waals surface area contributed by atoms with Crippen LogP contribution in [-0.2, 0) is 9.47 Å². The van der Waals surface area contributed by atoms with Gasteiger partial charge in [0.05, 0.1) is 13.2 Å². The van der Waals surface area contributed by atoms with Crippen LogP contribution in [0.1, 0.15) is 25.0 Å². The van der Waals surface area contributed by atoms with Gasteiger partial charge in [-0.15, -0.1) is 0 Å². The Kier molecular flexibility index (Phi) is 8.27. The second kappa shape index (κ2) is 9.71. The van der Waals surface area contributed by atoms with Gasteiger partial charge in [0, 0.05) is 37.6 Å². The molecule has 0 spiro atoms. The molecule has 0 saturated heterocycles. The van der Waals surface area contributed by atoms with Crippen LogP contribution >= 0.6 is 12.2 Å². The van der Waals surface area contributed by atoms with Crippen LogP contribution in [0.25, 0.3) is 0 Å². The van der Waals surface area contributed by atoms with Gasteiger partial charge in [-0.3, -0.25) is 0 Å². The number of nitrogens with zero attached hydrogens (tertiary/aromatic N) is 1. The Hall–Kier alpha value is -1.17. The average Bonchev–Trinajstić information content (AvgIpc) is 2.46. The molecule has 118 valence electrons. The molecule has 0 aliphatic carbocycles. The number of ether oxygens (including phenoxy) is 2. The van der Waals surface area contributed by atoms with Crippen LogP contribution in [0.2, 0.25) is 0 Å². The SMILES string of the molecule is CCOCCN(CCOCC)c1ccc(C)cc1C(N)=S. The topological polar surface area (TPSA) is 47.7 Å². The van der Waals surface area contributed by atoms with Crippen molar-refractivity contribution in [3.8, 4) is 0 Å². The van der Waals surface area contributed by atoms with E-state index in [9.17, 15) is 0 Å². The summed E-state index contributed by atoms with van der Waals surface area (Å²) in [6.45, 7) is 10.4. The lowest BCUT2D eigenvalue weighted by Gasteiger charge is -2.27. The quantitative estimate of drug-likeness (QED) is 0.531. The number of benzene rings is 1. The van der Waals surface area contributed by atoms with Crippen LogP contribution in [0.15, 0.2) is 18.2 Å². The Morgan fingerprint density at radius 2 is 1.71 bits per heavy atom. The van der Waals surface area contributed by atoms with Gasteiger partial charge in [-0.25, -0.2) is 0 Å². The molecule has 1 aromatic carbocycles. The smallest absolute Gasteiger partial charge is 0.106 e. The average molecular weight is 310 g/mol. The molecule has 0 saturated carbocycles. The summed E-state index contributed by atoms with van der Waals surface area (Å²) in [6, 6.07) is 6.18.